The van der Waals surface area contributed by atoms with E-state index in [1.54, 1.807) is 30.8 Å². The van der Waals surface area contributed by atoms with E-state index in [2.05, 4.69) is 39.7 Å². The minimum absolute atomic E-state index is 0.136. The molecular weight excluding hydrogens is 246 g/mol. The highest BCUT2D eigenvalue weighted by molar-refractivity contribution is 7.09. The Labute approximate surface area is 111 Å². The standard InChI is InChI=1S/C13H17N3OS/c1-3-14-11(9-10-5-4-8-18-10)12-13(17-2)16-7-6-15-12/h4-8,11,14H,3,9H2,1-2H3. The van der Waals surface area contributed by atoms with Gasteiger partial charge in [-0.25, -0.2) is 4.98 Å². The minimum Gasteiger partial charge on any atom is -0.480 e. The average molecular weight is 263 g/mol. The SMILES string of the molecule is CCNC(Cc1cccs1)c1nccnc1OC. The Morgan fingerprint density at radius 3 is 2.89 bits per heavy atom. The number of nitrogens with one attached hydrogen (secondary N) is 1. The smallest absolute Gasteiger partial charge is 0.237 e. The monoisotopic (exact) mass is 263 g/mol. The predicted molar refractivity (Wildman–Crippen MR) is 73.0 cm³/mol. The second kappa shape index (κ2) is 6.47. The summed E-state index contributed by atoms with van der Waals surface area (Å²) in [6.07, 6.45) is 4.26. The molecule has 2 rings (SSSR count). The third kappa shape index (κ3) is 3.05. The number of aromatic nitrogens is 2. The molecule has 0 saturated carbocycles. The maximum absolute atomic E-state index is 5.28. The highest BCUT2D eigenvalue weighted by Gasteiger charge is 2.18. The number of methoxy groups -OCH3 is 1. The van der Waals surface area contributed by atoms with Gasteiger partial charge in [-0.1, -0.05) is 13.0 Å². The van der Waals surface area contributed by atoms with Crippen LogP contribution in [-0.4, -0.2) is 23.6 Å². The van der Waals surface area contributed by atoms with Crippen molar-refractivity contribution in [3.63, 3.8) is 0 Å². The molecular formula is C13H17N3OS. The van der Waals surface area contributed by atoms with E-state index >= 15 is 0 Å². The molecule has 0 aromatic carbocycles. The van der Waals surface area contributed by atoms with Gasteiger partial charge in [0.1, 0.15) is 5.69 Å². The zero-order valence-electron chi connectivity index (χ0n) is 10.6. The van der Waals surface area contributed by atoms with Crippen LogP contribution >= 0.6 is 11.3 Å². The van der Waals surface area contributed by atoms with Gasteiger partial charge in [-0.15, -0.1) is 11.3 Å². The molecule has 1 atom stereocenters. The molecule has 1 unspecified atom stereocenters. The van der Waals surface area contributed by atoms with Gasteiger partial charge in [-0.05, 0) is 18.0 Å². The van der Waals surface area contributed by atoms with E-state index in [4.69, 9.17) is 4.74 Å². The van der Waals surface area contributed by atoms with Crippen molar-refractivity contribution in [3.05, 3.63) is 40.5 Å². The van der Waals surface area contributed by atoms with E-state index in [-0.39, 0.29) is 6.04 Å². The van der Waals surface area contributed by atoms with Gasteiger partial charge in [-0.3, -0.25) is 4.98 Å². The summed E-state index contributed by atoms with van der Waals surface area (Å²) in [4.78, 5) is 9.94. The molecule has 4 nitrogen and oxygen atoms in total. The van der Waals surface area contributed by atoms with E-state index < -0.39 is 0 Å². The Morgan fingerprint density at radius 1 is 1.39 bits per heavy atom. The molecule has 0 aliphatic carbocycles. The Bertz CT molecular complexity index is 473. The summed E-state index contributed by atoms with van der Waals surface area (Å²) in [5.41, 5.74) is 0.871. The molecule has 0 fully saturated rings. The van der Waals surface area contributed by atoms with Gasteiger partial charge < -0.3 is 10.1 Å². The molecule has 2 heterocycles. The molecule has 96 valence electrons. The molecule has 5 heteroatoms. The highest BCUT2D eigenvalue weighted by Crippen LogP contribution is 2.24. The van der Waals surface area contributed by atoms with Crippen molar-refractivity contribution < 1.29 is 4.74 Å². The van der Waals surface area contributed by atoms with E-state index in [9.17, 15) is 0 Å². The van der Waals surface area contributed by atoms with Gasteiger partial charge in [0, 0.05) is 23.7 Å². The largest absolute Gasteiger partial charge is 0.480 e. The van der Waals surface area contributed by atoms with Gasteiger partial charge in [0.25, 0.3) is 0 Å². The quantitative estimate of drug-likeness (QED) is 0.869. The topological polar surface area (TPSA) is 47.0 Å². The van der Waals surface area contributed by atoms with Crippen LogP contribution in [0, 0.1) is 0 Å². The molecule has 0 radical (unpaired) electrons. The molecule has 18 heavy (non-hydrogen) atoms. The number of rotatable bonds is 6. The molecule has 0 saturated heterocycles. The zero-order valence-corrected chi connectivity index (χ0v) is 11.4. The molecule has 1 N–H and O–H groups in total. The van der Waals surface area contributed by atoms with Crippen molar-refractivity contribution in [2.75, 3.05) is 13.7 Å². The van der Waals surface area contributed by atoms with Gasteiger partial charge in [0.15, 0.2) is 0 Å². The van der Waals surface area contributed by atoms with Crippen LogP contribution in [0.5, 0.6) is 5.88 Å². The Kier molecular flexibility index (Phi) is 4.66. The molecule has 2 aromatic heterocycles. The Morgan fingerprint density at radius 2 is 2.22 bits per heavy atom. The van der Waals surface area contributed by atoms with E-state index in [0.717, 1.165) is 18.7 Å². The van der Waals surface area contributed by atoms with Crippen LogP contribution in [0.1, 0.15) is 23.5 Å². The van der Waals surface area contributed by atoms with E-state index in [1.165, 1.54) is 4.88 Å². The lowest BCUT2D eigenvalue weighted by molar-refractivity contribution is 0.377. The first-order valence-corrected chi connectivity index (χ1v) is 6.83. The fraction of sp³-hybridized carbons (Fsp3) is 0.385. The van der Waals surface area contributed by atoms with E-state index in [0.29, 0.717) is 5.88 Å². The molecule has 0 aliphatic heterocycles. The van der Waals surface area contributed by atoms with Crippen molar-refractivity contribution in [3.8, 4) is 5.88 Å². The molecule has 0 aliphatic rings. The predicted octanol–water partition coefficient (Wildman–Crippen LogP) is 2.44. The summed E-state index contributed by atoms with van der Waals surface area (Å²) < 4.78 is 5.28. The Balaban J connectivity index is 2.23. The van der Waals surface area contributed by atoms with Crippen molar-refractivity contribution in [1.29, 1.82) is 0 Å². The van der Waals surface area contributed by atoms with Crippen molar-refractivity contribution in [2.45, 2.75) is 19.4 Å². The van der Waals surface area contributed by atoms with Crippen LogP contribution in [0.3, 0.4) is 0 Å². The number of likely N-dealkylation sites (N-methyl/N-ethyl adjacent to an activating group) is 1. The lowest BCUT2D eigenvalue weighted by Crippen LogP contribution is -2.24. The fourth-order valence-electron chi connectivity index (χ4n) is 1.87. The molecule has 0 spiro atoms. The van der Waals surface area contributed by atoms with Crippen molar-refractivity contribution in [2.24, 2.45) is 0 Å². The number of hydrogen-bond acceptors (Lipinski definition) is 5. The average Bonchev–Trinajstić information content (AvgIpc) is 2.91. The van der Waals surface area contributed by atoms with Crippen LogP contribution in [0.15, 0.2) is 29.9 Å². The van der Waals surface area contributed by atoms with Gasteiger partial charge >= 0.3 is 0 Å². The summed E-state index contributed by atoms with van der Waals surface area (Å²) in [6.45, 7) is 2.97. The minimum atomic E-state index is 0.136. The summed E-state index contributed by atoms with van der Waals surface area (Å²) in [7, 11) is 1.63. The maximum atomic E-state index is 5.28. The second-order valence-corrected chi connectivity index (χ2v) is 4.88. The number of nitrogens with zero attached hydrogens (tertiary/aromatic N) is 2. The van der Waals surface area contributed by atoms with Crippen molar-refractivity contribution >= 4 is 11.3 Å². The van der Waals surface area contributed by atoms with Crippen LogP contribution < -0.4 is 10.1 Å². The first-order chi connectivity index (χ1) is 8.85. The van der Waals surface area contributed by atoms with Crippen molar-refractivity contribution in [1.82, 2.24) is 15.3 Å². The van der Waals surface area contributed by atoms with Crippen LogP contribution in [0.25, 0.3) is 0 Å². The number of ether oxygens (including phenoxy) is 1. The normalized spacial score (nSPS) is 12.3. The molecule has 0 amide bonds. The lowest BCUT2D eigenvalue weighted by Gasteiger charge is -2.18. The number of hydrogen-bond donors (Lipinski definition) is 1. The summed E-state index contributed by atoms with van der Waals surface area (Å²) >= 11 is 1.76. The second-order valence-electron chi connectivity index (χ2n) is 3.84. The lowest BCUT2D eigenvalue weighted by atomic mass is 10.1. The first-order valence-electron chi connectivity index (χ1n) is 5.95. The summed E-state index contributed by atoms with van der Waals surface area (Å²) in [5, 5.41) is 5.53. The fourth-order valence-corrected chi connectivity index (χ4v) is 2.63. The maximum Gasteiger partial charge on any atom is 0.237 e. The van der Waals surface area contributed by atoms with Crippen LogP contribution in [0.2, 0.25) is 0 Å². The molecule has 0 bridgehead atoms. The van der Waals surface area contributed by atoms with Crippen LogP contribution in [0.4, 0.5) is 0 Å². The van der Waals surface area contributed by atoms with Gasteiger partial charge in [0.05, 0.1) is 13.2 Å². The number of thiophene rings is 1. The zero-order chi connectivity index (χ0) is 12.8. The third-order valence-corrected chi connectivity index (χ3v) is 3.55. The summed E-state index contributed by atoms with van der Waals surface area (Å²) in [5.74, 6) is 0.597. The third-order valence-electron chi connectivity index (χ3n) is 2.65. The summed E-state index contributed by atoms with van der Waals surface area (Å²) in [6, 6.07) is 4.34. The van der Waals surface area contributed by atoms with Gasteiger partial charge in [0.2, 0.25) is 5.88 Å². The highest BCUT2D eigenvalue weighted by atomic mass is 32.1. The van der Waals surface area contributed by atoms with Gasteiger partial charge in [-0.2, -0.15) is 0 Å². The van der Waals surface area contributed by atoms with Crippen LogP contribution in [-0.2, 0) is 6.42 Å². The van der Waals surface area contributed by atoms with E-state index in [1.807, 2.05) is 0 Å². The first kappa shape index (κ1) is 13.0. The molecule has 2 aromatic rings. The Hall–Kier alpha value is -1.46.